The number of fused-ring (bicyclic) bond motifs is 1. The van der Waals surface area contributed by atoms with Crippen LogP contribution in [0.1, 0.15) is 10.5 Å². The first kappa shape index (κ1) is 16.5. The molecule has 0 aliphatic carbocycles. The molecule has 4 aromatic rings. The number of hydrogen-bond acceptors (Lipinski definition) is 6. The molecule has 9 nitrogen and oxygen atoms in total. The molecule has 0 atom stereocenters. The van der Waals surface area contributed by atoms with Crippen molar-refractivity contribution < 1.29 is 9.53 Å². The summed E-state index contributed by atoms with van der Waals surface area (Å²) in [6, 6.07) is 12.1. The number of nitrogens with one attached hydrogen (secondary N) is 1. The summed E-state index contributed by atoms with van der Waals surface area (Å²) >= 11 is 0. The van der Waals surface area contributed by atoms with Gasteiger partial charge in [-0.1, -0.05) is 12.1 Å². The lowest BCUT2D eigenvalue weighted by Crippen LogP contribution is -2.15. The third kappa shape index (κ3) is 2.80. The summed E-state index contributed by atoms with van der Waals surface area (Å²) in [6.07, 6.45) is 1.58. The smallest absolute Gasteiger partial charge is 0.332 e. The second-order valence-electron chi connectivity index (χ2n) is 5.64. The fourth-order valence-electron chi connectivity index (χ4n) is 2.76. The number of aromatic amines is 1. The van der Waals surface area contributed by atoms with Crippen LogP contribution in [-0.2, 0) is 0 Å². The van der Waals surface area contributed by atoms with Crippen molar-refractivity contribution in [1.82, 2.24) is 24.5 Å². The van der Waals surface area contributed by atoms with Crippen molar-refractivity contribution in [3.63, 3.8) is 0 Å². The van der Waals surface area contributed by atoms with E-state index < -0.39 is 11.6 Å². The molecular weight excluding hydrogens is 348 g/mol. The average molecular weight is 362 g/mol. The second-order valence-corrected chi connectivity index (χ2v) is 5.64. The third-order valence-corrected chi connectivity index (χ3v) is 3.98. The molecule has 0 aliphatic rings. The number of amides is 1. The van der Waals surface area contributed by atoms with Crippen LogP contribution in [0.2, 0.25) is 0 Å². The zero-order chi connectivity index (χ0) is 19.0. The number of aromatic nitrogens is 5. The summed E-state index contributed by atoms with van der Waals surface area (Å²) in [7, 11) is 1.53. The zero-order valence-corrected chi connectivity index (χ0v) is 14.2. The van der Waals surface area contributed by atoms with E-state index in [1.807, 2.05) is 0 Å². The van der Waals surface area contributed by atoms with Gasteiger partial charge in [-0.25, -0.2) is 19.3 Å². The molecule has 1 aromatic carbocycles. The Morgan fingerprint density at radius 2 is 2.04 bits per heavy atom. The topological polar surface area (TPSA) is 129 Å². The Morgan fingerprint density at radius 3 is 2.74 bits per heavy atom. The van der Waals surface area contributed by atoms with Crippen LogP contribution < -0.4 is 16.2 Å². The van der Waals surface area contributed by atoms with Gasteiger partial charge in [0.15, 0.2) is 17.2 Å². The van der Waals surface area contributed by atoms with E-state index in [9.17, 15) is 9.59 Å². The fraction of sp³-hybridized carbons (Fsp3) is 0.0556. The Hall–Kier alpha value is -4.01. The Labute approximate surface area is 152 Å². The molecule has 0 unspecified atom stereocenters. The Balaban J connectivity index is 2.06. The number of imidazole rings is 1. The summed E-state index contributed by atoms with van der Waals surface area (Å²) in [5.41, 5.74) is 6.26. The molecule has 0 spiro atoms. The number of methoxy groups -OCH3 is 1. The number of carbonyl (C=O) groups is 1. The highest BCUT2D eigenvalue weighted by Gasteiger charge is 2.20. The molecule has 0 radical (unpaired) electrons. The minimum atomic E-state index is -0.779. The van der Waals surface area contributed by atoms with Gasteiger partial charge in [-0.2, -0.15) is 0 Å². The second kappa shape index (κ2) is 6.37. The Morgan fingerprint density at radius 1 is 1.19 bits per heavy atom. The average Bonchev–Trinajstić information content (AvgIpc) is 3.03. The number of primary amides is 1. The lowest BCUT2D eigenvalue weighted by Gasteiger charge is -2.07. The van der Waals surface area contributed by atoms with Crippen LogP contribution >= 0.6 is 0 Å². The van der Waals surface area contributed by atoms with Gasteiger partial charge in [0.1, 0.15) is 17.0 Å². The van der Waals surface area contributed by atoms with Crippen LogP contribution in [0.25, 0.3) is 28.4 Å². The molecule has 27 heavy (non-hydrogen) atoms. The van der Waals surface area contributed by atoms with Crippen LogP contribution in [-0.4, -0.2) is 37.5 Å². The monoisotopic (exact) mass is 362 g/mol. The first-order valence-corrected chi connectivity index (χ1v) is 7.97. The van der Waals surface area contributed by atoms with Gasteiger partial charge in [0.05, 0.1) is 12.8 Å². The lowest BCUT2D eigenvalue weighted by atomic mass is 10.2. The zero-order valence-electron chi connectivity index (χ0n) is 14.2. The molecular formula is C18H14N6O3. The highest BCUT2D eigenvalue weighted by molar-refractivity contribution is 6.02. The van der Waals surface area contributed by atoms with E-state index in [-0.39, 0.29) is 22.7 Å². The fourth-order valence-corrected chi connectivity index (χ4v) is 2.76. The summed E-state index contributed by atoms with van der Waals surface area (Å²) in [5, 5.41) is 0. The van der Waals surface area contributed by atoms with Crippen LogP contribution in [0.5, 0.6) is 5.75 Å². The van der Waals surface area contributed by atoms with Crippen LogP contribution in [0.15, 0.2) is 53.5 Å². The Kier molecular flexibility index (Phi) is 3.88. The van der Waals surface area contributed by atoms with Crippen molar-refractivity contribution in [2.45, 2.75) is 0 Å². The van der Waals surface area contributed by atoms with E-state index in [1.54, 1.807) is 48.7 Å². The maximum Gasteiger partial charge on any atom is 0.332 e. The normalized spacial score (nSPS) is 10.9. The van der Waals surface area contributed by atoms with Crippen molar-refractivity contribution in [2.24, 2.45) is 5.73 Å². The van der Waals surface area contributed by atoms with Crippen LogP contribution in [0.4, 0.5) is 0 Å². The molecule has 1 amide bonds. The Bertz CT molecular complexity index is 1210. The lowest BCUT2D eigenvalue weighted by molar-refractivity contribution is 0.0997. The number of ether oxygens (including phenoxy) is 1. The summed E-state index contributed by atoms with van der Waals surface area (Å²) in [5.74, 6) is -0.0194. The minimum absolute atomic E-state index is 0.0839. The van der Waals surface area contributed by atoms with Crippen molar-refractivity contribution in [3.05, 3.63) is 64.8 Å². The predicted molar refractivity (Wildman–Crippen MR) is 97.8 cm³/mol. The van der Waals surface area contributed by atoms with E-state index >= 15 is 0 Å². The third-order valence-electron chi connectivity index (χ3n) is 3.98. The van der Waals surface area contributed by atoms with Crippen molar-refractivity contribution >= 4 is 17.1 Å². The van der Waals surface area contributed by atoms with Crippen LogP contribution in [0.3, 0.4) is 0 Å². The van der Waals surface area contributed by atoms with E-state index in [4.69, 9.17) is 10.5 Å². The molecule has 3 aromatic heterocycles. The first-order chi connectivity index (χ1) is 13.1. The number of nitrogens with zero attached hydrogens (tertiary/aromatic N) is 4. The number of H-pyrrole nitrogens is 1. The van der Waals surface area contributed by atoms with E-state index in [1.165, 1.54) is 11.7 Å². The molecule has 9 heteroatoms. The van der Waals surface area contributed by atoms with Gasteiger partial charge in [-0.05, 0) is 24.3 Å². The standard InChI is InChI=1S/C18H14N6O3/c1-27-11-6-4-5-10(9-11)24-17-14(22-18(24)26)13(15(19)25)21-16(23-17)12-7-2-3-8-20-12/h2-9H,1H3,(H2,19,25)(H,22,26). The van der Waals surface area contributed by atoms with E-state index in [0.717, 1.165) is 0 Å². The molecule has 0 bridgehead atoms. The predicted octanol–water partition coefficient (Wildman–Crippen LogP) is 1.28. The minimum Gasteiger partial charge on any atom is -0.497 e. The van der Waals surface area contributed by atoms with E-state index in [2.05, 4.69) is 19.9 Å². The van der Waals surface area contributed by atoms with Crippen molar-refractivity contribution in [1.29, 1.82) is 0 Å². The number of rotatable bonds is 4. The largest absolute Gasteiger partial charge is 0.497 e. The molecule has 0 saturated carbocycles. The number of nitrogens with two attached hydrogens (primary N) is 1. The summed E-state index contributed by atoms with van der Waals surface area (Å²) in [4.78, 5) is 40.0. The van der Waals surface area contributed by atoms with Gasteiger partial charge in [-0.3, -0.25) is 9.78 Å². The van der Waals surface area contributed by atoms with Crippen LogP contribution in [0, 0.1) is 0 Å². The van der Waals surface area contributed by atoms with Gasteiger partial charge in [0.2, 0.25) is 0 Å². The molecule has 0 aliphatic heterocycles. The van der Waals surface area contributed by atoms with E-state index in [0.29, 0.717) is 17.1 Å². The molecule has 3 N–H and O–H groups in total. The quantitative estimate of drug-likeness (QED) is 0.563. The van der Waals surface area contributed by atoms with Crippen molar-refractivity contribution in [3.8, 4) is 23.0 Å². The number of pyridine rings is 1. The number of hydrogen-bond donors (Lipinski definition) is 2. The molecule has 134 valence electrons. The SMILES string of the molecule is COc1cccc(-n2c(=O)[nH]c3c(C(N)=O)nc(-c4ccccn4)nc32)c1. The first-order valence-electron chi connectivity index (χ1n) is 7.97. The summed E-state index contributed by atoms with van der Waals surface area (Å²) in [6.45, 7) is 0. The van der Waals surface area contributed by atoms with Gasteiger partial charge in [0.25, 0.3) is 5.91 Å². The number of carbonyl (C=O) groups excluding carboxylic acids is 1. The highest BCUT2D eigenvalue weighted by atomic mass is 16.5. The maximum absolute atomic E-state index is 12.6. The van der Waals surface area contributed by atoms with Gasteiger partial charge in [-0.15, -0.1) is 0 Å². The highest BCUT2D eigenvalue weighted by Crippen LogP contribution is 2.22. The van der Waals surface area contributed by atoms with Gasteiger partial charge < -0.3 is 15.5 Å². The van der Waals surface area contributed by atoms with Crippen molar-refractivity contribution in [2.75, 3.05) is 7.11 Å². The maximum atomic E-state index is 12.6. The summed E-state index contributed by atoms with van der Waals surface area (Å²) < 4.78 is 6.55. The molecule has 4 rings (SSSR count). The molecule has 0 fully saturated rings. The molecule has 0 saturated heterocycles. The number of benzene rings is 1. The molecule has 3 heterocycles. The van der Waals surface area contributed by atoms with Gasteiger partial charge in [0, 0.05) is 12.3 Å². The van der Waals surface area contributed by atoms with Gasteiger partial charge >= 0.3 is 5.69 Å².